The fraction of sp³-hybridized carbons (Fsp3) is 0. The Morgan fingerprint density at radius 3 is 1.27 bits per heavy atom. The minimum absolute atomic E-state index is 1.31. The molecule has 0 aliphatic heterocycles. The fourth-order valence-electron chi connectivity index (χ4n) is 4.47. The second kappa shape index (κ2) is 5.06. The van der Waals surface area contributed by atoms with E-state index in [0.29, 0.717) is 0 Å². The summed E-state index contributed by atoms with van der Waals surface area (Å²) in [5.41, 5.74) is 2.63. The molecule has 0 spiro atoms. The summed E-state index contributed by atoms with van der Waals surface area (Å²) in [4.78, 5) is 0. The Balaban J connectivity index is 2.05. The summed E-state index contributed by atoms with van der Waals surface area (Å²) in [6.07, 6.45) is 4.61. The van der Waals surface area contributed by atoms with Crippen LogP contribution in [0.4, 0.5) is 0 Å². The molecule has 120 valence electrons. The van der Waals surface area contributed by atoms with Gasteiger partial charge in [0.2, 0.25) is 0 Å². The summed E-state index contributed by atoms with van der Waals surface area (Å²) < 4.78 is 0. The van der Waals surface area contributed by atoms with E-state index in [0.717, 1.165) is 0 Å². The smallest absolute Gasteiger partial charge is 0.00264 e. The molecule has 2 aliphatic carbocycles. The molecule has 0 bridgehead atoms. The zero-order chi connectivity index (χ0) is 17.1. The summed E-state index contributed by atoms with van der Waals surface area (Å²) in [5, 5.41) is 10.7. The first-order valence-electron chi connectivity index (χ1n) is 9.05. The number of hydrogen-bond donors (Lipinski definition) is 0. The van der Waals surface area contributed by atoms with Gasteiger partial charge in [0.15, 0.2) is 0 Å². The van der Waals surface area contributed by atoms with E-state index in [-0.39, 0.29) is 0 Å². The molecule has 0 radical (unpaired) electrons. The Labute approximate surface area is 150 Å². The average molecular weight is 328 g/mol. The zero-order valence-electron chi connectivity index (χ0n) is 14.2. The first-order valence-corrected chi connectivity index (χ1v) is 9.05. The maximum atomic E-state index is 2.30. The van der Waals surface area contributed by atoms with Crippen LogP contribution < -0.4 is 10.4 Å². The molecule has 0 aromatic heterocycles. The third-order valence-corrected chi connectivity index (χ3v) is 5.57. The highest BCUT2D eigenvalue weighted by Gasteiger charge is 2.06. The predicted octanol–water partition coefficient (Wildman–Crippen LogP) is 3.83. The lowest BCUT2D eigenvalue weighted by Gasteiger charge is -1.98. The molecule has 0 N–H and O–H groups in total. The lowest BCUT2D eigenvalue weighted by molar-refractivity contribution is 1.35. The molecule has 6 rings (SSSR count). The summed E-state index contributed by atoms with van der Waals surface area (Å²) in [6, 6.07) is 30.7. The van der Waals surface area contributed by atoms with Crippen molar-refractivity contribution in [2.45, 2.75) is 0 Å². The van der Waals surface area contributed by atoms with Gasteiger partial charge in [-0.05, 0) is 65.0 Å². The molecule has 0 saturated carbocycles. The summed E-state index contributed by atoms with van der Waals surface area (Å²) >= 11 is 0. The molecule has 0 nitrogen and oxygen atoms in total. The van der Waals surface area contributed by atoms with Gasteiger partial charge in [-0.2, -0.15) is 0 Å². The van der Waals surface area contributed by atoms with E-state index in [1.165, 1.54) is 52.9 Å². The van der Waals surface area contributed by atoms with Gasteiger partial charge in [0, 0.05) is 0 Å². The molecule has 0 heteroatoms. The second-order valence-electron chi connectivity index (χ2n) is 7.00. The van der Waals surface area contributed by atoms with Crippen LogP contribution in [0.1, 0.15) is 11.1 Å². The molecule has 4 aromatic rings. The summed E-state index contributed by atoms with van der Waals surface area (Å²) in [7, 11) is 0. The Morgan fingerprint density at radius 1 is 0.346 bits per heavy atom. The quantitative estimate of drug-likeness (QED) is 0.397. The van der Waals surface area contributed by atoms with Crippen LogP contribution in [0.5, 0.6) is 0 Å². The Hall–Kier alpha value is -3.38. The van der Waals surface area contributed by atoms with Crippen LogP contribution in [0, 0.1) is 31.3 Å². The van der Waals surface area contributed by atoms with Crippen LogP contribution in [-0.4, -0.2) is 0 Å². The van der Waals surface area contributed by atoms with Crippen LogP contribution in [0.3, 0.4) is 0 Å². The lowest BCUT2D eigenvalue weighted by Crippen LogP contribution is -1.97. The van der Waals surface area contributed by atoms with E-state index in [9.17, 15) is 0 Å². The maximum Gasteiger partial charge on any atom is -0.00264 e. The van der Waals surface area contributed by atoms with Gasteiger partial charge in [-0.15, -0.1) is 0 Å². The van der Waals surface area contributed by atoms with Crippen molar-refractivity contribution in [2.75, 3.05) is 0 Å². The van der Waals surface area contributed by atoms with Gasteiger partial charge in [-0.25, -0.2) is 0 Å². The molecule has 0 fully saturated rings. The van der Waals surface area contributed by atoms with Crippen LogP contribution in [0.2, 0.25) is 0 Å². The largest absolute Gasteiger partial charge is 0.0616 e. The second-order valence-corrected chi connectivity index (χ2v) is 7.00. The number of rotatable bonds is 0. The SMILES string of the molecule is C1=c2ccccc2=c2c1ccc/c2=c1/cccc2c1=c1ccccc1=C2. The molecular formula is C26H16. The van der Waals surface area contributed by atoms with E-state index in [2.05, 4.69) is 97.1 Å². The van der Waals surface area contributed by atoms with Crippen molar-refractivity contribution in [2.24, 2.45) is 0 Å². The van der Waals surface area contributed by atoms with Crippen molar-refractivity contribution in [1.82, 2.24) is 0 Å². The molecule has 0 unspecified atom stereocenters. The van der Waals surface area contributed by atoms with E-state index in [1.54, 1.807) is 0 Å². The Bertz CT molecular complexity index is 1500. The normalized spacial score (nSPS) is 13.8. The van der Waals surface area contributed by atoms with Crippen molar-refractivity contribution in [3.05, 3.63) is 138 Å². The molecule has 26 heavy (non-hydrogen) atoms. The highest BCUT2D eigenvalue weighted by atomic mass is 14.1. The van der Waals surface area contributed by atoms with E-state index in [4.69, 9.17) is 0 Å². The molecule has 0 heterocycles. The van der Waals surface area contributed by atoms with Crippen molar-refractivity contribution in [1.29, 1.82) is 0 Å². The minimum Gasteiger partial charge on any atom is -0.0616 e. The maximum absolute atomic E-state index is 2.30. The highest BCUT2D eigenvalue weighted by Crippen LogP contribution is 2.16. The van der Waals surface area contributed by atoms with E-state index >= 15 is 0 Å². The van der Waals surface area contributed by atoms with Gasteiger partial charge in [0.1, 0.15) is 0 Å². The average Bonchev–Trinajstić information content (AvgIpc) is 3.26. The standard InChI is InChI=1S/C26H16/c1-3-11-21-17(7-1)15-19-9-5-13-23(25(19)21)24-14-6-10-20-16-18-8-2-4-12-22(18)26(20)24/h1-16H/b24-23+. The van der Waals surface area contributed by atoms with Gasteiger partial charge in [0.05, 0.1) is 0 Å². The monoisotopic (exact) mass is 328 g/mol. The number of benzene rings is 4. The van der Waals surface area contributed by atoms with Crippen LogP contribution in [0.15, 0.2) is 84.9 Å². The minimum atomic E-state index is 1.31. The summed E-state index contributed by atoms with van der Waals surface area (Å²) in [5.74, 6) is 0. The molecule has 2 aliphatic rings. The van der Waals surface area contributed by atoms with Gasteiger partial charge in [0.25, 0.3) is 0 Å². The number of hydrogen-bond acceptors (Lipinski definition) is 0. The fourth-order valence-corrected chi connectivity index (χ4v) is 4.47. The first-order chi connectivity index (χ1) is 12.9. The van der Waals surface area contributed by atoms with E-state index in [1.807, 2.05) is 0 Å². The van der Waals surface area contributed by atoms with Crippen molar-refractivity contribution in [3.8, 4) is 0 Å². The van der Waals surface area contributed by atoms with Crippen LogP contribution >= 0.6 is 0 Å². The molecule has 0 saturated heterocycles. The van der Waals surface area contributed by atoms with Crippen molar-refractivity contribution >= 4 is 12.2 Å². The molecule has 0 atom stereocenters. The van der Waals surface area contributed by atoms with Crippen molar-refractivity contribution < 1.29 is 0 Å². The first kappa shape index (κ1) is 13.9. The Morgan fingerprint density at radius 2 is 0.769 bits per heavy atom. The van der Waals surface area contributed by atoms with E-state index < -0.39 is 0 Å². The zero-order valence-corrected chi connectivity index (χ0v) is 14.2. The third-order valence-electron chi connectivity index (χ3n) is 5.57. The van der Waals surface area contributed by atoms with Gasteiger partial charge < -0.3 is 0 Å². The predicted molar refractivity (Wildman–Crippen MR) is 105 cm³/mol. The molecule has 0 amide bonds. The van der Waals surface area contributed by atoms with Crippen LogP contribution in [-0.2, 0) is 0 Å². The number of fused-ring (bicyclic) bond motifs is 4. The van der Waals surface area contributed by atoms with Gasteiger partial charge in [-0.3, -0.25) is 0 Å². The lowest BCUT2D eigenvalue weighted by atomic mass is 10.1. The summed E-state index contributed by atoms with van der Waals surface area (Å²) in [6.45, 7) is 0. The molecular weight excluding hydrogens is 312 g/mol. The highest BCUT2D eigenvalue weighted by molar-refractivity contribution is 5.58. The van der Waals surface area contributed by atoms with Gasteiger partial charge >= 0.3 is 0 Å². The van der Waals surface area contributed by atoms with Gasteiger partial charge in [-0.1, -0.05) is 84.9 Å². The third kappa shape index (κ3) is 1.79. The van der Waals surface area contributed by atoms with Crippen molar-refractivity contribution in [3.63, 3.8) is 0 Å². The topological polar surface area (TPSA) is 0 Å². The molecule has 4 aromatic carbocycles. The van der Waals surface area contributed by atoms with Crippen LogP contribution in [0.25, 0.3) is 12.2 Å². The Kier molecular flexibility index (Phi) is 2.70.